The number of carbonyl (C=O) groups excluding carboxylic acids is 1. The summed E-state index contributed by atoms with van der Waals surface area (Å²) in [6.45, 7) is 4.05. The summed E-state index contributed by atoms with van der Waals surface area (Å²) in [5.41, 5.74) is 1.88. The number of rotatable bonds is 3. The maximum absolute atomic E-state index is 12.2. The van der Waals surface area contributed by atoms with Crippen LogP contribution in [0.1, 0.15) is 27.5 Å². The van der Waals surface area contributed by atoms with Crippen molar-refractivity contribution >= 4 is 17.5 Å². The van der Waals surface area contributed by atoms with Gasteiger partial charge in [0.1, 0.15) is 16.6 Å². The second-order valence-corrected chi connectivity index (χ2v) is 4.58. The first-order valence-corrected chi connectivity index (χ1v) is 6.01. The number of hydrogen-bond acceptors (Lipinski definition) is 5. The molecule has 0 saturated heterocycles. The van der Waals surface area contributed by atoms with E-state index < -0.39 is 0 Å². The zero-order chi connectivity index (χ0) is 14.0. The predicted octanol–water partition coefficient (Wildman–Crippen LogP) is 2.01. The largest absolute Gasteiger partial charge is 0.361 e. The minimum Gasteiger partial charge on any atom is -0.361 e. The first kappa shape index (κ1) is 13.5. The van der Waals surface area contributed by atoms with Gasteiger partial charge in [-0.15, -0.1) is 0 Å². The van der Waals surface area contributed by atoms with Crippen LogP contribution in [0, 0.1) is 13.8 Å². The van der Waals surface area contributed by atoms with E-state index in [2.05, 4.69) is 15.1 Å². The molecule has 0 unspecified atom stereocenters. The van der Waals surface area contributed by atoms with Gasteiger partial charge in [0.25, 0.3) is 5.91 Å². The molecule has 6 nitrogen and oxygen atoms in total. The van der Waals surface area contributed by atoms with Crippen molar-refractivity contribution in [3.05, 3.63) is 40.3 Å². The van der Waals surface area contributed by atoms with Gasteiger partial charge in [0.2, 0.25) is 0 Å². The Balaban J connectivity index is 2.16. The first-order valence-electron chi connectivity index (χ1n) is 5.63. The predicted molar refractivity (Wildman–Crippen MR) is 68.8 cm³/mol. The van der Waals surface area contributed by atoms with E-state index in [1.54, 1.807) is 7.05 Å². The number of carbonyl (C=O) groups is 1. The van der Waals surface area contributed by atoms with Gasteiger partial charge in [0, 0.05) is 12.6 Å². The van der Waals surface area contributed by atoms with Gasteiger partial charge < -0.3 is 9.42 Å². The molecule has 0 saturated carbocycles. The average molecular weight is 281 g/mol. The van der Waals surface area contributed by atoms with Crippen molar-refractivity contribution in [3.8, 4) is 0 Å². The Morgan fingerprint density at radius 3 is 2.74 bits per heavy atom. The van der Waals surface area contributed by atoms with Crippen LogP contribution in [0.15, 0.2) is 16.9 Å². The number of nitrogens with zero attached hydrogens (tertiary/aromatic N) is 4. The van der Waals surface area contributed by atoms with E-state index in [-0.39, 0.29) is 16.8 Å². The second-order valence-electron chi connectivity index (χ2n) is 4.19. The van der Waals surface area contributed by atoms with Gasteiger partial charge in [-0.1, -0.05) is 16.8 Å². The summed E-state index contributed by atoms with van der Waals surface area (Å²) in [5, 5.41) is 4.04. The highest BCUT2D eigenvalue weighted by Gasteiger charge is 2.18. The molecule has 100 valence electrons. The molecule has 0 aliphatic carbocycles. The van der Waals surface area contributed by atoms with E-state index in [9.17, 15) is 4.79 Å². The molecule has 7 heteroatoms. The molecule has 0 bridgehead atoms. The van der Waals surface area contributed by atoms with Crippen LogP contribution in [-0.4, -0.2) is 33.0 Å². The van der Waals surface area contributed by atoms with E-state index >= 15 is 0 Å². The first-order chi connectivity index (χ1) is 8.99. The monoisotopic (exact) mass is 280 g/mol. The van der Waals surface area contributed by atoms with Gasteiger partial charge in [-0.25, -0.2) is 4.98 Å². The third-order valence-corrected chi connectivity index (χ3v) is 2.93. The van der Waals surface area contributed by atoms with Crippen molar-refractivity contribution in [2.24, 2.45) is 0 Å². The van der Waals surface area contributed by atoms with Crippen LogP contribution in [0.3, 0.4) is 0 Å². The van der Waals surface area contributed by atoms with E-state index in [4.69, 9.17) is 16.1 Å². The molecule has 0 spiro atoms. The summed E-state index contributed by atoms with van der Waals surface area (Å²) in [7, 11) is 1.68. The summed E-state index contributed by atoms with van der Waals surface area (Å²) in [6, 6.07) is 0. The molecule has 0 atom stereocenters. The van der Waals surface area contributed by atoms with E-state index in [1.807, 2.05) is 13.8 Å². The normalized spacial score (nSPS) is 10.5. The highest BCUT2D eigenvalue weighted by Crippen LogP contribution is 2.15. The summed E-state index contributed by atoms with van der Waals surface area (Å²) < 4.78 is 5.06. The quantitative estimate of drug-likeness (QED) is 0.860. The van der Waals surface area contributed by atoms with Crippen LogP contribution in [0.5, 0.6) is 0 Å². The molecule has 2 aromatic heterocycles. The Morgan fingerprint density at radius 2 is 2.16 bits per heavy atom. The van der Waals surface area contributed by atoms with Gasteiger partial charge >= 0.3 is 0 Å². The zero-order valence-corrected chi connectivity index (χ0v) is 11.6. The second kappa shape index (κ2) is 5.36. The number of aromatic nitrogens is 3. The third-order valence-electron chi connectivity index (χ3n) is 2.75. The molecule has 0 fully saturated rings. The lowest BCUT2D eigenvalue weighted by molar-refractivity contribution is 0.0778. The van der Waals surface area contributed by atoms with Crippen molar-refractivity contribution < 1.29 is 9.32 Å². The lowest BCUT2D eigenvalue weighted by Gasteiger charge is -2.16. The van der Waals surface area contributed by atoms with Crippen molar-refractivity contribution in [1.29, 1.82) is 0 Å². The summed E-state index contributed by atoms with van der Waals surface area (Å²) in [6.07, 6.45) is 2.77. The molecule has 2 aromatic rings. The highest BCUT2D eigenvalue weighted by atomic mass is 35.5. The van der Waals surface area contributed by atoms with Gasteiger partial charge in [0.15, 0.2) is 0 Å². The Kier molecular flexibility index (Phi) is 3.80. The smallest absolute Gasteiger partial charge is 0.274 e. The van der Waals surface area contributed by atoms with Gasteiger partial charge in [-0.2, -0.15) is 0 Å². The molecule has 0 aliphatic heterocycles. The standard InChI is InChI=1S/C12H13ClN4O2/c1-7-9(8(2)19-16-7)6-17(3)12(18)10-4-14-5-11(13)15-10/h4-5H,6H2,1-3H3. The molecule has 19 heavy (non-hydrogen) atoms. The topological polar surface area (TPSA) is 72.1 Å². The maximum atomic E-state index is 12.2. The molecule has 0 aliphatic rings. The van der Waals surface area contributed by atoms with Crippen LogP contribution in [-0.2, 0) is 6.54 Å². The van der Waals surface area contributed by atoms with E-state index in [0.29, 0.717) is 12.3 Å². The van der Waals surface area contributed by atoms with E-state index in [1.165, 1.54) is 17.3 Å². The molecule has 0 N–H and O–H groups in total. The zero-order valence-electron chi connectivity index (χ0n) is 10.8. The summed E-state index contributed by atoms with van der Waals surface area (Å²) >= 11 is 5.72. The van der Waals surface area contributed by atoms with Crippen molar-refractivity contribution in [1.82, 2.24) is 20.0 Å². The van der Waals surface area contributed by atoms with Gasteiger partial charge in [-0.3, -0.25) is 9.78 Å². The molecule has 2 heterocycles. The van der Waals surface area contributed by atoms with Crippen LogP contribution in [0.4, 0.5) is 0 Å². The molecule has 2 rings (SSSR count). The van der Waals surface area contributed by atoms with Crippen molar-refractivity contribution in [2.45, 2.75) is 20.4 Å². The number of amides is 1. The Morgan fingerprint density at radius 1 is 1.42 bits per heavy atom. The average Bonchev–Trinajstić information content (AvgIpc) is 2.69. The lowest BCUT2D eigenvalue weighted by atomic mass is 10.2. The molecule has 1 amide bonds. The van der Waals surface area contributed by atoms with Crippen molar-refractivity contribution in [2.75, 3.05) is 7.05 Å². The van der Waals surface area contributed by atoms with Gasteiger partial charge in [0.05, 0.1) is 24.6 Å². The fourth-order valence-corrected chi connectivity index (χ4v) is 1.82. The van der Waals surface area contributed by atoms with Crippen LogP contribution < -0.4 is 0 Å². The third kappa shape index (κ3) is 2.90. The minimum absolute atomic E-state index is 0.191. The van der Waals surface area contributed by atoms with Gasteiger partial charge in [-0.05, 0) is 13.8 Å². The fraction of sp³-hybridized carbons (Fsp3) is 0.333. The number of aryl methyl sites for hydroxylation is 2. The minimum atomic E-state index is -0.255. The molecular weight excluding hydrogens is 268 g/mol. The van der Waals surface area contributed by atoms with Crippen LogP contribution >= 0.6 is 11.6 Å². The summed E-state index contributed by atoms with van der Waals surface area (Å²) in [5.74, 6) is 0.448. The Bertz CT molecular complexity index is 592. The van der Waals surface area contributed by atoms with E-state index in [0.717, 1.165) is 11.3 Å². The lowest BCUT2D eigenvalue weighted by Crippen LogP contribution is -2.27. The van der Waals surface area contributed by atoms with Crippen LogP contribution in [0.2, 0.25) is 5.15 Å². The molecular formula is C12H13ClN4O2. The summed E-state index contributed by atoms with van der Waals surface area (Å²) in [4.78, 5) is 21.5. The van der Waals surface area contributed by atoms with Crippen LogP contribution in [0.25, 0.3) is 0 Å². The SMILES string of the molecule is Cc1noc(C)c1CN(C)C(=O)c1cncc(Cl)n1. The molecule has 0 radical (unpaired) electrons. The maximum Gasteiger partial charge on any atom is 0.274 e. The number of halogens is 1. The highest BCUT2D eigenvalue weighted by molar-refractivity contribution is 6.29. The van der Waals surface area contributed by atoms with Crippen molar-refractivity contribution in [3.63, 3.8) is 0 Å². The Labute approximate surface area is 115 Å². The fourth-order valence-electron chi connectivity index (χ4n) is 1.68. The molecule has 0 aromatic carbocycles. The Hall–Kier alpha value is -1.95. The number of hydrogen-bond donors (Lipinski definition) is 0.